The fraction of sp³-hybridized carbons (Fsp3) is 0.600. The van der Waals surface area contributed by atoms with E-state index in [0.29, 0.717) is 10.7 Å². The van der Waals surface area contributed by atoms with Gasteiger partial charge < -0.3 is 5.32 Å². The van der Waals surface area contributed by atoms with Crippen LogP contribution >= 0.6 is 11.8 Å². The van der Waals surface area contributed by atoms with Crippen molar-refractivity contribution < 1.29 is 0 Å². The lowest BCUT2D eigenvalue weighted by molar-refractivity contribution is 0.934. The molecule has 1 saturated carbocycles. The number of hydrogen-bond acceptors (Lipinski definition) is 6. The van der Waals surface area contributed by atoms with Crippen molar-refractivity contribution >= 4 is 23.5 Å². The first-order chi connectivity index (χ1) is 7.67. The first-order valence-corrected chi connectivity index (χ1v) is 6.51. The van der Waals surface area contributed by atoms with Crippen molar-refractivity contribution in [2.75, 3.05) is 23.5 Å². The fourth-order valence-electron chi connectivity index (χ4n) is 1.57. The van der Waals surface area contributed by atoms with Crippen LogP contribution in [0.1, 0.15) is 18.5 Å². The highest BCUT2D eigenvalue weighted by molar-refractivity contribution is 8.00. The van der Waals surface area contributed by atoms with Crippen molar-refractivity contribution in [3.63, 3.8) is 0 Å². The Hall–Kier alpha value is -1.01. The molecule has 0 aliphatic heterocycles. The van der Waals surface area contributed by atoms with Crippen molar-refractivity contribution in [2.45, 2.75) is 24.5 Å². The molecule has 4 N–H and O–H groups in total. The smallest absolute Gasteiger partial charge is 0.239 e. The van der Waals surface area contributed by atoms with Gasteiger partial charge in [-0.3, -0.25) is 5.43 Å². The number of nitrogens with two attached hydrogens (primary N) is 1. The van der Waals surface area contributed by atoms with E-state index >= 15 is 0 Å². The van der Waals surface area contributed by atoms with E-state index in [1.807, 2.05) is 24.8 Å². The van der Waals surface area contributed by atoms with Crippen LogP contribution in [-0.4, -0.2) is 27.5 Å². The molecule has 0 amide bonds. The second-order valence-corrected chi connectivity index (χ2v) is 5.38. The summed E-state index contributed by atoms with van der Waals surface area (Å²) in [5, 5.41) is 3.35. The monoisotopic (exact) mass is 239 g/mol. The van der Waals surface area contributed by atoms with E-state index in [-0.39, 0.29) is 0 Å². The molecule has 5 nitrogen and oxygen atoms in total. The van der Waals surface area contributed by atoms with Crippen LogP contribution in [0.2, 0.25) is 0 Å². The molecule has 16 heavy (non-hydrogen) atoms. The van der Waals surface area contributed by atoms with Crippen LogP contribution in [0.25, 0.3) is 0 Å². The summed E-state index contributed by atoms with van der Waals surface area (Å²) in [6.07, 6.45) is 4.73. The molecule has 0 bridgehead atoms. The largest absolute Gasteiger partial charge is 0.369 e. The van der Waals surface area contributed by atoms with E-state index in [1.54, 1.807) is 0 Å². The van der Waals surface area contributed by atoms with Gasteiger partial charge >= 0.3 is 0 Å². The van der Waals surface area contributed by atoms with Gasteiger partial charge in [0.05, 0.1) is 0 Å². The third-order valence-corrected chi connectivity index (χ3v) is 4.23. The molecule has 6 heteroatoms. The number of thioether (sulfide) groups is 1. The van der Waals surface area contributed by atoms with Crippen LogP contribution in [0.3, 0.4) is 0 Å². The number of nitrogen functional groups attached to an aromatic ring is 1. The van der Waals surface area contributed by atoms with Crippen molar-refractivity contribution in [3.05, 3.63) is 11.8 Å². The van der Waals surface area contributed by atoms with Gasteiger partial charge in [0.15, 0.2) is 0 Å². The average molecular weight is 239 g/mol. The van der Waals surface area contributed by atoms with Gasteiger partial charge in [0.25, 0.3) is 0 Å². The van der Waals surface area contributed by atoms with Gasteiger partial charge in [-0.05, 0) is 26.0 Å². The van der Waals surface area contributed by atoms with Crippen molar-refractivity contribution in [1.29, 1.82) is 0 Å². The molecular formula is C10H17N5S. The standard InChI is InChI=1S/C10H17N5S/c1-7-5-8(14-9(13-7)15-11)12-6-10(16-2)3-4-10/h5H,3-4,6,11H2,1-2H3,(H2,12,13,14,15). The topological polar surface area (TPSA) is 75.9 Å². The molecule has 1 heterocycles. The molecule has 0 atom stereocenters. The predicted octanol–water partition coefficient (Wildman–Crippen LogP) is 1.38. The van der Waals surface area contributed by atoms with Crippen LogP contribution in [-0.2, 0) is 0 Å². The Morgan fingerprint density at radius 2 is 2.25 bits per heavy atom. The number of rotatable bonds is 5. The van der Waals surface area contributed by atoms with Gasteiger partial charge in [-0.15, -0.1) is 0 Å². The fourth-order valence-corrected chi connectivity index (χ4v) is 2.29. The molecule has 1 aromatic heterocycles. The van der Waals surface area contributed by atoms with Crippen LogP contribution in [0.5, 0.6) is 0 Å². The molecule has 0 saturated heterocycles. The molecule has 0 aromatic carbocycles. The Kier molecular flexibility index (Phi) is 3.20. The number of anilines is 2. The van der Waals surface area contributed by atoms with Gasteiger partial charge in [-0.25, -0.2) is 10.8 Å². The summed E-state index contributed by atoms with van der Waals surface area (Å²) in [6.45, 7) is 2.88. The summed E-state index contributed by atoms with van der Waals surface area (Å²) < 4.78 is 0.426. The molecule has 1 aromatic rings. The van der Waals surface area contributed by atoms with E-state index in [9.17, 15) is 0 Å². The Balaban J connectivity index is 2.01. The van der Waals surface area contributed by atoms with E-state index in [0.717, 1.165) is 18.1 Å². The van der Waals surface area contributed by atoms with Gasteiger partial charge in [0.2, 0.25) is 5.95 Å². The minimum atomic E-state index is 0.426. The molecule has 88 valence electrons. The van der Waals surface area contributed by atoms with Gasteiger partial charge in [-0.1, -0.05) is 0 Å². The summed E-state index contributed by atoms with van der Waals surface area (Å²) in [5.41, 5.74) is 3.37. The highest BCUT2D eigenvalue weighted by atomic mass is 32.2. The SMILES string of the molecule is CSC1(CNc2cc(C)nc(NN)n2)CC1. The van der Waals surface area contributed by atoms with Gasteiger partial charge in [-0.2, -0.15) is 16.7 Å². The normalized spacial score (nSPS) is 16.9. The molecule has 0 radical (unpaired) electrons. The highest BCUT2D eigenvalue weighted by Gasteiger charge is 2.41. The van der Waals surface area contributed by atoms with E-state index in [1.165, 1.54) is 12.8 Å². The number of hydrogen-bond donors (Lipinski definition) is 3. The zero-order valence-electron chi connectivity index (χ0n) is 9.58. The second kappa shape index (κ2) is 4.47. The van der Waals surface area contributed by atoms with E-state index in [4.69, 9.17) is 5.84 Å². The first-order valence-electron chi connectivity index (χ1n) is 5.29. The maximum atomic E-state index is 5.30. The minimum Gasteiger partial charge on any atom is -0.369 e. The summed E-state index contributed by atoms with van der Waals surface area (Å²) in [4.78, 5) is 8.39. The summed E-state index contributed by atoms with van der Waals surface area (Å²) >= 11 is 1.93. The van der Waals surface area contributed by atoms with E-state index < -0.39 is 0 Å². The molecule has 1 aliphatic carbocycles. The van der Waals surface area contributed by atoms with Crippen LogP contribution in [0.15, 0.2) is 6.07 Å². The minimum absolute atomic E-state index is 0.426. The maximum absolute atomic E-state index is 5.30. The predicted molar refractivity (Wildman–Crippen MR) is 68.5 cm³/mol. The Bertz CT molecular complexity index is 377. The first kappa shape index (κ1) is 11.5. The number of nitrogens with zero attached hydrogens (tertiary/aromatic N) is 2. The summed E-state index contributed by atoms with van der Waals surface area (Å²) in [5.74, 6) is 6.59. The summed E-state index contributed by atoms with van der Waals surface area (Å²) in [6, 6.07) is 1.93. The highest BCUT2D eigenvalue weighted by Crippen LogP contribution is 2.46. The quantitative estimate of drug-likeness (QED) is 0.532. The third-order valence-electron chi connectivity index (χ3n) is 2.82. The van der Waals surface area contributed by atoms with Crippen molar-refractivity contribution in [3.8, 4) is 0 Å². The van der Waals surface area contributed by atoms with E-state index in [2.05, 4.69) is 27.0 Å². The zero-order chi connectivity index (χ0) is 11.6. The number of hydrazine groups is 1. The summed E-state index contributed by atoms with van der Waals surface area (Å²) in [7, 11) is 0. The van der Waals surface area contributed by atoms with Crippen LogP contribution < -0.4 is 16.6 Å². The second-order valence-electron chi connectivity index (χ2n) is 4.10. The molecule has 1 fully saturated rings. The molecule has 1 aliphatic rings. The molecule has 0 unspecified atom stereocenters. The number of aryl methyl sites for hydroxylation is 1. The average Bonchev–Trinajstić information content (AvgIpc) is 3.06. The Labute approximate surface area is 99.6 Å². The lowest BCUT2D eigenvalue weighted by Crippen LogP contribution is -2.19. The number of aromatic nitrogens is 2. The maximum Gasteiger partial charge on any atom is 0.239 e. The third kappa shape index (κ3) is 2.56. The van der Waals surface area contributed by atoms with Crippen LogP contribution in [0, 0.1) is 6.92 Å². The van der Waals surface area contributed by atoms with Crippen molar-refractivity contribution in [2.24, 2.45) is 5.84 Å². The molecular weight excluding hydrogens is 222 g/mol. The van der Waals surface area contributed by atoms with Crippen molar-refractivity contribution in [1.82, 2.24) is 9.97 Å². The van der Waals surface area contributed by atoms with Gasteiger partial charge in [0, 0.05) is 23.1 Å². The zero-order valence-corrected chi connectivity index (χ0v) is 10.4. The molecule has 0 spiro atoms. The lowest BCUT2D eigenvalue weighted by Gasteiger charge is -2.14. The Morgan fingerprint density at radius 1 is 1.50 bits per heavy atom. The van der Waals surface area contributed by atoms with Crippen LogP contribution in [0.4, 0.5) is 11.8 Å². The number of nitrogens with one attached hydrogen (secondary N) is 2. The van der Waals surface area contributed by atoms with Gasteiger partial charge in [0.1, 0.15) is 5.82 Å². The lowest BCUT2D eigenvalue weighted by atomic mass is 10.4. The Morgan fingerprint density at radius 3 is 2.81 bits per heavy atom. The molecule has 2 rings (SSSR count).